The normalized spacial score (nSPS) is 16.5. The monoisotopic (exact) mass is 386 g/mol. The van der Waals surface area contributed by atoms with Crippen molar-refractivity contribution in [3.05, 3.63) is 40.4 Å². The van der Waals surface area contributed by atoms with Crippen molar-refractivity contribution in [3.8, 4) is 0 Å². The van der Waals surface area contributed by atoms with E-state index < -0.39 is 0 Å². The lowest BCUT2D eigenvalue weighted by molar-refractivity contribution is -0.125. The number of nitrogens with zero attached hydrogens (tertiary/aromatic N) is 2. The van der Waals surface area contributed by atoms with Gasteiger partial charge in [0.05, 0.1) is 6.04 Å². The van der Waals surface area contributed by atoms with Crippen LogP contribution in [0.2, 0.25) is 0 Å². The molecule has 0 saturated carbocycles. The maximum atomic E-state index is 12.3. The summed E-state index contributed by atoms with van der Waals surface area (Å²) < 4.78 is 0. The van der Waals surface area contributed by atoms with Crippen molar-refractivity contribution in [2.75, 3.05) is 5.32 Å². The van der Waals surface area contributed by atoms with E-state index in [-0.39, 0.29) is 36.1 Å². The Bertz CT molecular complexity index is 825. The van der Waals surface area contributed by atoms with Crippen molar-refractivity contribution in [2.24, 2.45) is 0 Å². The Kier molecular flexibility index (Phi) is 5.89. The minimum Gasteiger partial charge on any atom is -0.349 e. The lowest BCUT2D eigenvalue weighted by Gasteiger charge is -2.26. The number of carbonyl (C=O) groups excluding carboxylic acids is 2. The topological polar surface area (TPSA) is 84.0 Å². The molecule has 3 rings (SSSR count). The van der Waals surface area contributed by atoms with E-state index in [1.54, 1.807) is 0 Å². The van der Waals surface area contributed by atoms with Gasteiger partial charge < -0.3 is 10.6 Å². The summed E-state index contributed by atoms with van der Waals surface area (Å²) in [6.07, 6.45) is 3.36. The van der Waals surface area contributed by atoms with Crippen molar-refractivity contribution in [3.63, 3.8) is 0 Å². The van der Waals surface area contributed by atoms with Crippen LogP contribution in [0.1, 0.15) is 68.6 Å². The van der Waals surface area contributed by atoms with Gasteiger partial charge in [-0.05, 0) is 30.4 Å². The highest BCUT2D eigenvalue weighted by molar-refractivity contribution is 7.15. The Labute approximate surface area is 163 Å². The first-order valence-electron chi connectivity index (χ1n) is 9.34. The standard InChI is InChI=1S/C20H26N4O2S/c1-20(2,3)18-23-24-19(27-18)22-17(26)12-11-16(25)21-15-10-6-8-13-7-4-5-9-14(13)15/h4-5,7,9,15H,6,8,10-12H2,1-3H3,(H,21,25)(H,22,24,26). The maximum Gasteiger partial charge on any atom is 0.226 e. The molecule has 1 aromatic carbocycles. The number of fused-ring (bicyclic) bond motifs is 1. The Hall–Kier alpha value is -2.28. The number of aromatic nitrogens is 2. The van der Waals surface area contributed by atoms with Crippen LogP contribution < -0.4 is 10.6 Å². The molecule has 2 N–H and O–H groups in total. The molecule has 0 radical (unpaired) electrons. The average molecular weight is 387 g/mol. The number of rotatable bonds is 5. The third-order valence-corrected chi connectivity index (χ3v) is 5.86. The molecule has 1 atom stereocenters. The predicted molar refractivity (Wildman–Crippen MR) is 107 cm³/mol. The fraction of sp³-hybridized carbons (Fsp3) is 0.500. The second kappa shape index (κ2) is 8.17. The highest BCUT2D eigenvalue weighted by Gasteiger charge is 2.22. The van der Waals surface area contributed by atoms with Crippen LogP contribution in [0.5, 0.6) is 0 Å². The zero-order chi connectivity index (χ0) is 19.4. The quantitative estimate of drug-likeness (QED) is 0.820. The largest absolute Gasteiger partial charge is 0.349 e. The minimum absolute atomic E-state index is 0.0445. The third kappa shape index (κ3) is 5.13. The van der Waals surface area contributed by atoms with Gasteiger partial charge in [-0.3, -0.25) is 9.59 Å². The van der Waals surface area contributed by atoms with Crippen molar-refractivity contribution in [1.29, 1.82) is 0 Å². The molecule has 0 fully saturated rings. The summed E-state index contributed by atoms with van der Waals surface area (Å²) in [5.74, 6) is -0.315. The van der Waals surface area contributed by atoms with Crippen LogP contribution in [0.4, 0.5) is 5.13 Å². The molecule has 0 saturated heterocycles. The van der Waals surface area contributed by atoms with E-state index in [2.05, 4.69) is 33.0 Å². The highest BCUT2D eigenvalue weighted by Crippen LogP contribution is 2.30. The van der Waals surface area contributed by atoms with Gasteiger partial charge >= 0.3 is 0 Å². The lowest BCUT2D eigenvalue weighted by Crippen LogP contribution is -2.31. The van der Waals surface area contributed by atoms with Gasteiger partial charge in [0.25, 0.3) is 0 Å². The molecule has 2 aromatic rings. The van der Waals surface area contributed by atoms with Gasteiger partial charge in [-0.2, -0.15) is 0 Å². The summed E-state index contributed by atoms with van der Waals surface area (Å²) in [6, 6.07) is 8.28. The number of amides is 2. The Morgan fingerprint density at radius 3 is 2.63 bits per heavy atom. The number of benzene rings is 1. The molecule has 144 valence electrons. The van der Waals surface area contributed by atoms with Crippen LogP contribution in [0.25, 0.3) is 0 Å². The van der Waals surface area contributed by atoms with Crippen LogP contribution in [0.15, 0.2) is 24.3 Å². The molecule has 1 heterocycles. The first-order chi connectivity index (χ1) is 12.8. The molecule has 6 nitrogen and oxygen atoms in total. The van der Waals surface area contributed by atoms with E-state index in [1.165, 1.54) is 22.5 Å². The first-order valence-corrected chi connectivity index (χ1v) is 10.2. The molecular weight excluding hydrogens is 360 g/mol. The number of anilines is 1. The Morgan fingerprint density at radius 2 is 1.89 bits per heavy atom. The fourth-order valence-corrected chi connectivity index (χ4v) is 3.97. The van der Waals surface area contributed by atoms with Crippen LogP contribution in [0, 0.1) is 0 Å². The lowest BCUT2D eigenvalue weighted by atomic mass is 9.87. The average Bonchev–Trinajstić information content (AvgIpc) is 3.09. The molecule has 1 unspecified atom stereocenters. The second-order valence-corrected chi connectivity index (χ2v) is 8.90. The van der Waals surface area contributed by atoms with E-state index in [9.17, 15) is 9.59 Å². The molecule has 1 aliphatic carbocycles. The van der Waals surface area contributed by atoms with E-state index in [4.69, 9.17) is 0 Å². The van der Waals surface area contributed by atoms with Crippen molar-refractivity contribution in [1.82, 2.24) is 15.5 Å². The summed E-state index contributed by atoms with van der Waals surface area (Å²) >= 11 is 1.37. The van der Waals surface area contributed by atoms with E-state index in [1.807, 2.05) is 32.9 Å². The van der Waals surface area contributed by atoms with Crippen LogP contribution >= 0.6 is 11.3 Å². The number of nitrogens with one attached hydrogen (secondary N) is 2. The SMILES string of the molecule is CC(C)(C)c1nnc(NC(=O)CCC(=O)NC2CCCc3ccccc32)s1. The summed E-state index contributed by atoms with van der Waals surface area (Å²) in [4.78, 5) is 24.4. The minimum atomic E-state index is -0.217. The van der Waals surface area contributed by atoms with Gasteiger partial charge in [0, 0.05) is 18.3 Å². The number of hydrogen-bond donors (Lipinski definition) is 2. The first kappa shape index (κ1) is 19.5. The van der Waals surface area contributed by atoms with Crippen LogP contribution in [0.3, 0.4) is 0 Å². The molecule has 0 spiro atoms. The molecule has 1 aliphatic rings. The van der Waals surface area contributed by atoms with Gasteiger partial charge in [0.15, 0.2) is 0 Å². The predicted octanol–water partition coefficient (Wildman–Crippen LogP) is 3.75. The van der Waals surface area contributed by atoms with E-state index in [0.717, 1.165) is 24.3 Å². The van der Waals surface area contributed by atoms with Gasteiger partial charge in [-0.25, -0.2) is 0 Å². The molecule has 27 heavy (non-hydrogen) atoms. The second-order valence-electron chi connectivity index (χ2n) is 7.92. The zero-order valence-corrected chi connectivity index (χ0v) is 16.9. The molecule has 0 aliphatic heterocycles. The summed E-state index contributed by atoms with van der Waals surface area (Å²) in [5, 5.41) is 15.3. The van der Waals surface area contributed by atoms with Crippen LogP contribution in [-0.4, -0.2) is 22.0 Å². The number of carbonyl (C=O) groups is 2. The maximum absolute atomic E-state index is 12.3. The fourth-order valence-electron chi connectivity index (χ4n) is 3.16. The number of hydrogen-bond acceptors (Lipinski definition) is 5. The number of aryl methyl sites for hydroxylation is 1. The molecular formula is C20H26N4O2S. The van der Waals surface area contributed by atoms with E-state index in [0.29, 0.717) is 5.13 Å². The highest BCUT2D eigenvalue weighted by atomic mass is 32.1. The summed E-state index contributed by atoms with van der Waals surface area (Å²) in [6.45, 7) is 6.15. The van der Waals surface area contributed by atoms with Crippen molar-refractivity contribution in [2.45, 2.75) is 64.3 Å². The zero-order valence-electron chi connectivity index (χ0n) is 16.0. The van der Waals surface area contributed by atoms with Crippen molar-refractivity contribution < 1.29 is 9.59 Å². The third-order valence-electron chi connectivity index (χ3n) is 4.60. The smallest absolute Gasteiger partial charge is 0.226 e. The Balaban J connectivity index is 1.48. The molecule has 0 bridgehead atoms. The van der Waals surface area contributed by atoms with Crippen molar-refractivity contribution >= 4 is 28.3 Å². The molecule has 1 aromatic heterocycles. The molecule has 2 amide bonds. The van der Waals surface area contributed by atoms with Gasteiger partial charge in [-0.15, -0.1) is 10.2 Å². The molecule has 7 heteroatoms. The van der Waals surface area contributed by atoms with Gasteiger partial charge in [0.2, 0.25) is 16.9 Å². The van der Waals surface area contributed by atoms with Gasteiger partial charge in [0.1, 0.15) is 5.01 Å². The van der Waals surface area contributed by atoms with Crippen LogP contribution in [-0.2, 0) is 21.4 Å². The van der Waals surface area contributed by atoms with E-state index >= 15 is 0 Å². The Morgan fingerprint density at radius 1 is 1.15 bits per heavy atom. The summed E-state index contributed by atoms with van der Waals surface area (Å²) in [5.41, 5.74) is 2.40. The van der Waals surface area contributed by atoms with Gasteiger partial charge in [-0.1, -0.05) is 56.4 Å². The summed E-state index contributed by atoms with van der Waals surface area (Å²) in [7, 11) is 0.